The van der Waals surface area contributed by atoms with Crippen molar-refractivity contribution >= 4 is 71.3 Å². The third kappa shape index (κ3) is 12.7. The van der Waals surface area contributed by atoms with E-state index in [1.54, 1.807) is 6.92 Å². The fourth-order valence-corrected chi connectivity index (χ4v) is 13.1. The minimum Gasteiger partial charge on any atom is -0.756 e. The average molecular weight is 1180 g/mol. The zero-order chi connectivity index (χ0) is 56.1. The molecular formula is C35H49N13O25P4. The number of phosphoric acid groups is 4. The highest BCUT2D eigenvalue weighted by Crippen LogP contribution is 2.68. The third-order valence-corrected chi connectivity index (χ3v) is 17.1. The van der Waals surface area contributed by atoms with Crippen LogP contribution in [0.4, 0.5) is 11.8 Å². The smallest absolute Gasteiger partial charge is 0.490 e. The molecule has 3 fully saturated rings. The van der Waals surface area contributed by atoms with Gasteiger partial charge in [-0.05, 0) is 6.92 Å². The molecule has 3 aliphatic heterocycles. The first kappa shape index (κ1) is 58.0. The molecule has 42 heteroatoms. The summed E-state index contributed by atoms with van der Waals surface area (Å²) in [5.41, 5.74) is 9.07. The van der Waals surface area contributed by atoms with Crippen LogP contribution in [0, 0.1) is 5.92 Å². The molecule has 424 valence electrons. The first-order valence-corrected chi connectivity index (χ1v) is 28.2. The number of H-pyrrole nitrogens is 2. The van der Waals surface area contributed by atoms with Crippen molar-refractivity contribution in [2.24, 2.45) is 13.0 Å². The number of nitrogens with zero attached hydrogens (tertiary/aromatic N) is 8. The number of nitrogens with two attached hydrogens (primary N) is 2. The maximum atomic E-state index is 13.5. The number of amides is 1. The van der Waals surface area contributed by atoms with Gasteiger partial charge >= 0.3 is 34.8 Å². The van der Waals surface area contributed by atoms with Gasteiger partial charge in [0, 0.05) is 38.3 Å². The molecule has 77 heavy (non-hydrogen) atoms. The van der Waals surface area contributed by atoms with Crippen molar-refractivity contribution in [2.45, 2.75) is 80.9 Å². The lowest BCUT2D eigenvalue weighted by Gasteiger charge is -2.31. The number of ether oxygens (including phenoxy) is 4. The SMILES string of the molecule is CCNC(=O)CC1[C@@H](O)C([n+]2cn(C)c3c(=O)[nH]c(N)nc32)O[C@@H]1COP(=O)(O)OP(=O)(O)OP(=O)(O)OC[C@H]1O[C@@H](n2cnc3c(N)ncnc32)[C@H](OC)[C@@H]1OP(=O)([O-])OC[C@H]1O[C@@H](n2ccc(=O)[nH]c2=O)[C@H](O)[C@@H]1O. The Labute approximate surface area is 428 Å². The van der Waals surface area contributed by atoms with Crippen molar-refractivity contribution in [3.05, 3.63) is 62.4 Å². The molecule has 0 bridgehead atoms. The number of aliphatic hydroxyl groups excluding tert-OH is 3. The Morgan fingerprint density at radius 2 is 1.52 bits per heavy atom. The first-order chi connectivity index (χ1) is 36.1. The van der Waals surface area contributed by atoms with Gasteiger partial charge in [0.25, 0.3) is 24.9 Å². The molecule has 16 atom stereocenters. The van der Waals surface area contributed by atoms with Gasteiger partial charge in [0.2, 0.25) is 17.7 Å². The number of carbonyl (C=O) groups is 1. The quantitative estimate of drug-likeness (QED) is 0.0229. The molecule has 0 radical (unpaired) electrons. The molecule has 0 spiro atoms. The number of phosphoric ester groups is 3. The van der Waals surface area contributed by atoms with Crippen molar-refractivity contribution in [1.82, 2.24) is 48.9 Å². The summed E-state index contributed by atoms with van der Waals surface area (Å²) in [4.78, 5) is 115. The normalized spacial score (nSPS) is 29.8. The Balaban J connectivity index is 0.949. The second kappa shape index (κ2) is 22.6. The second-order valence-electron chi connectivity index (χ2n) is 17.0. The highest BCUT2D eigenvalue weighted by molar-refractivity contribution is 7.66. The van der Waals surface area contributed by atoms with Crippen LogP contribution in [0.25, 0.3) is 22.3 Å². The van der Waals surface area contributed by atoms with Crippen molar-refractivity contribution in [3.63, 3.8) is 0 Å². The molecule has 13 N–H and O–H groups in total. The Kier molecular flexibility index (Phi) is 17.0. The lowest BCUT2D eigenvalue weighted by molar-refractivity contribution is -0.745. The first-order valence-electron chi connectivity index (χ1n) is 22.3. The van der Waals surface area contributed by atoms with Crippen LogP contribution in [0.1, 0.15) is 32.0 Å². The molecule has 8 rings (SSSR count). The number of hydrogen-bond donors (Lipinski definition) is 11. The van der Waals surface area contributed by atoms with Crippen LogP contribution < -0.4 is 43.1 Å². The maximum Gasteiger partial charge on any atom is 0.490 e. The summed E-state index contributed by atoms with van der Waals surface area (Å²) in [6.45, 7) is -1.69. The number of carbonyl (C=O) groups excluding carboxylic acids is 1. The fraction of sp³-hybridized carbons (Fsp3) is 0.571. The minimum atomic E-state index is -6.24. The summed E-state index contributed by atoms with van der Waals surface area (Å²) in [7, 11) is -21.3. The number of aryl methyl sites for hydroxylation is 1. The van der Waals surface area contributed by atoms with Crippen molar-refractivity contribution in [1.29, 1.82) is 0 Å². The number of anilines is 2. The van der Waals surface area contributed by atoms with Crippen LogP contribution in [-0.2, 0) is 75.8 Å². The van der Waals surface area contributed by atoms with E-state index in [-0.39, 0.29) is 40.6 Å². The van der Waals surface area contributed by atoms with Gasteiger partial charge in [-0.3, -0.25) is 51.7 Å². The van der Waals surface area contributed by atoms with E-state index in [2.05, 4.69) is 38.9 Å². The Morgan fingerprint density at radius 1 is 0.857 bits per heavy atom. The zero-order valence-electron chi connectivity index (χ0n) is 39.8. The van der Waals surface area contributed by atoms with Crippen LogP contribution in [0.2, 0.25) is 0 Å². The predicted octanol–water partition coefficient (Wildman–Crippen LogP) is -4.73. The lowest BCUT2D eigenvalue weighted by Crippen LogP contribution is -2.45. The van der Waals surface area contributed by atoms with Gasteiger partial charge in [0.1, 0.15) is 54.6 Å². The number of aromatic amines is 2. The van der Waals surface area contributed by atoms with Crippen LogP contribution in [0.15, 0.2) is 45.6 Å². The van der Waals surface area contributed by atoms with E-state index in [1.165, 1.54) is 27.1 Å². The summed E-state index contributed by atoms with van der Waals surface area (Å²) in [6, 6.07) is 0.911. The number of aliphatic hydroxyl groups is 3. The predicted molar refractivity (Wildman–Crippen MR) is 246 cm³/mol. The maximum absolute atomic E-state index is 13.5. The lowest BCUT2D eigenvalue weighted by atomic mass is 9.94. The number of hydrogen-bond acceptors (Lipinski definition) is 28. The molecule has 0 aliphatic carbocycles. The van der Waals surface area contributed by atoms with Crippen molar-refractivity contribution in [3.8, 4) is 0 Å². The molecule has 38 nitrogen and oxygen atoms in total. The number of methoxy groups -OCH3 is 1. The number of nitrogens with one attached hydrogen (secondary N) is 3. The summed E-state index contributed by atoms with van der Waals surface area (Å²) in [5, 5.41) is 35.2. The number of fused-ring (bicyclic) bond motifs is 2. The number of rotatable bonds is 22. The Morgan fingerprint density at radius 3 is 2.18 bits per heavy atom. The molecule has 0 saturated carbocycles. The molecule has 3 aliphatic rings. The van der Waals surface area contributed by atoms with E-state index in [4.69, 9.17) is 48.5 Å². The monoisotopic (exact) mass is 1180 g/mol. The number of nitrogen functional groups attached to an aromatic ring is 2. The van der Waals surface area contributed by atoms with Crippen LogP contribution >= 0.6 is 31.3 Å². The average Bonchev–Trinajstić information content (AvgIpc) is 4.17. The largest absolute Gasteiger partial charge is 0.756 e. The molecule has 5 aromatic rings. The van der Waals surface area contributed by atoms with Gasteiger partial charge in [0.05, 0.1) is 39.3 Å². The topological polar surface area (TPSA) is 539 Å². The van der Waals surface area contributed by atoms with E-state index in [0.29, 0.717) is 4.57 Å². The minimum absolute atomic E-state index is 0.0135. The van der Waals surface area contributed by atoms with Crippen molar-refractivity contribution < 1.29 is 108 Å². The van der Waals surface area contributed by atoms with Crippen LogP contribution in [0.5, 0.6) is 0 Å². The van der Waals surface area contributed by atoms with Gasteiger partial charge in [-0.25, -0.2) is 38.0 Å². The molecular weight excluding hydrogens is 1130 g/mol. The fourth-order valence-electron chi connectivity index (χ4n) is 8.60. The Hall–Kier alpha value is -5.11. The second-order valence-corrected chi connectivity index (χ2v) is 23.0. The zero-order valence-corrected chi connectivity index (χ0v) is 43.4. The van der Waals surface area contributed by atoms with Crippen LogP contribution in [0.3, 0.4) is 0 Å². The summed E-state index contributed by atoms with van der Waals surface area (Å²) in [6.07, 6.45) is -14.7. The van der Waals surface area contributed by atoms with Gasteiger partial charge in [0.15, 0.2) is 30.2 Å². The third-order valence-electron chi connectivity index (χ3n) is 11.9. The molecule has 6 unspecified atom stereocenters. The van der Waals surface area contributed by atoms with Gasteiger partial charge in [-0.1, -0.05) is 4.98 Å². The summed E-state index contributed by atoms with van der Waals surface area (Å²) >= 11 is 0. The molecule has 0 aromatic carbocycles. The number of imidazole rings is 2. The molecule has 3 saturated heterocycles. The molecule has 5 aromatic heterocycles. The summed E-state index contributed by atoms with van der Waals surface area (Å²) < 4.78 is 109. The van der Waals surface area contributed by atoms with E-state index in [0.717, 1.165) is 32.0 Å². The molecule has 8 heterocycles. The van der Waals surface area contributed by atoms with Gasteiger partial charge in [-0.2, -0.15) is 8.62 Å². The van der Waals surface area contributed by atoms with E-state index >= 15 is 0 Å². The highest BCUT2D eigenvalue weighted by atomic mass is 31.3. The van der Waals surface area contributed by atoms with E-state index in [9.17, 15) is 72.3 Å². The van der Waals surface area contributed by atoms with E-state index in [1.807, 2.05) is 4.98 Å². The van der Waals surface area contributed by atoms with Crippen molar-refractivity contribution in [2.75, 3.05) is 44.9 Å². The Bertz CT molecular complexity index is 3390. The highest BCUT2D eigenvalue weighted by Gasteiger charge is 2.53. The standard InChI is InChI=1S/C35H49N13O25P4/c1-4-38-19(50)7-14-15(68-31(22(14)51)48-13-45(2)21-29(48)43-34(37)44-30(21)54)8-66-75(58,59)72-77(62,63)73-76(60,61)67-10-17-25(26(64-3)33(70-17)47-12-41-20-27(36)39-11-40-28(20)47)71-74(56,57)65-9-16-23(52)24(53)32(69-16)46-6-5-18(49)42-35(46)55/h5-6,11-17,22-26,31-33,51-53H,4,7-10H2,1-3H3,(H10-,36,37,38,39,40,42,43,44,49,50,54,55,56,57,58,59,60,61,62,63)/t14?,15-,16-,17-,22-,23-,24-,25-,26-,31?,32-,33-/m1/s1. The van der Waals surface area contributed by atoms with Crippen LogP contribution in [-0.4, -0.2) is 162 Å². The van der Waals surface area contributed by atoms with E-state index < -0.39 is 154 Å². The summed E-state index contributed by atoms with van der Waals surface area (Å²) in [5.74, 6) is -2.27. The van der Waals surface area contributed by atoms with Gasteiger partial charge < -0.3 is 79.7 Å². The van der Waals surface area contributed by atoms with Gasteiger partial charge in [-0.15, -0.1) is 0 Å². The number of aromatic nitrogens is 10. The molecule has 1 amide bonds.